The van der Waals surface area contributed by atoms with Crippen LogP contribution in [0.4, 0.5) is 0 Å². The summed E-state index contributed by atoms with van der Waals surface area (Å²) >= 11 is 0. The number of carbonyl (C=O) groups excluding carboxylic acids is 2. The van der Waals surface area contributed by atoms with E-state index in [0.29, 0.717) is 13.2 Å². The molecule has 0 aromatic heterocycles. The first-order valence-electron chi connectivity index (χ1n) is 7.64. The van der Waals surface area contributed by atoms with Gasteiger partial charge in [0.25, 0.3) is 0 Å². The van der Waals surface area contributed by atoms with E-state index in [1.54, 1.807) is 21.3 Å². The molecule has 0 aromatic rings. The SMILES string of the molecule is C.C=O.C=O.COCCC[N+](C)(CCCOC)CCOCCOC. The lowest BCUT2D eigenvalue weighted by Gasteiger charge is -2.34. The Morgan fingerprint density at radius 2 is 1.08 bits per heavy atom. The van der Waals surface area contributed by atoms with Gasteiger partial charge in [0.15, 0.2) is 0 Å². The maximum Gasteiger partial charge on any atom is 0.106 e. The van der Waals surface area contributed by atoms with E-state index in [1.807, 2.05) is 13.6 Å². The van der Waals surface area contributed by atoms with Crippen molar-refractivity contribution in [2.45, 2.75) is 20.3 Å². The van der Waals surface area contributed by atoms with Crippen molar-refractivity contribution in [3.63, 3.8) is 0 Å². The Labute approximate surface area is 148 Å². The van der Waals surface area contributed by atoms with Crippen molar-refractivity contribution >= 4 is 13.6 Å². The number of ether oxygens (including phenoxy) is 4. The number of rotatable bonds is 14. The molecule has 0 radical (unpaired) electrons. The number of hydrogen-bond donors (Lipinski definition) is 0. The van der Waals surface area contributed by atoms with E-state index in [-0.39, 0.29) is 7.43 Å². The first kappa shape index (κ1) is 31.0. The highest BCUT2D eigenvalue weighted by Crippen LogP contribution is 2.06. The summed E-state index contributed by atoms with van der Waals surface area (Å²) in [6.07, 6.45) is 2.16. The molecule has 0 amide bonds. The van der Waals surface area contributed by atoms with Gasteiger partial charge in [-0.05, 0) is 0 Å². The summed E-state index contributed by atoms with van der Waals surface area (Å²) in [5.41, 5.74) is 0. The molecule has 0 fully saturated rings. The molecule has 7 heteroatoms. The zero-order chi connectivity index (χ0) is 18.4. The lowest BCUT2D eigenvalue weighted by atomic mass is 10.3. The van der Waals surface area contributed by atoms with Gasteiger partial charge in [-0.25, -0.2) is 0 Å². The van der Waals surface area contributed by atoms with Gasteiger partial charge in [-0.1, -0.05) is 7.43 Å². The molecule has 0 saturated carbocycles. The molecule has 7 nitrogen and oxygen atoms in total. The van der Waals surface area contributed by atoms with Crippen LogP contribution in [0.15, 0.2) is 0 Å². The normalized spacial score (nSPS) is 9.83. The van der Waals surface area contributed by atoms with Crippen LogP contribution in [0.3, 0.4) is 0 Å². The van der Waals surface area contributed by atoms with Crippen LogP contribution in [0, 0.1) is 0 Å². The van der Waals surface area contributed by atoms with E-state index in [4.69, 9.17) is 28.5 Å². The second kappa shape index (κ2) is 27.0. The van der Waals surface area contributed by atoms with Gasteiger partial charge in [0, 0.05) is 34.2 Å². The molecule has 0 unspecified atom stereocenters. The molecule has 0 saturated heterocycles. The molecule has 0 N–H and O–H groups in total. The monoisotopic (exact) mass is 354 g/mol. The summed E-state index contributed by atoms with van der Waals surface area (Å²) in [7, 11) is 7.48. The van der Waals surface area contributed by atoms with Crippen molar-refractivity contribution in [2.24, 2.45) is 0 Å². The van der Waals surface area contributed by atoms with Gasteiger partial charge in [0.05, 0.1) is 53.2 Å². The number of hydrogen-bond acceptors (Lipinski definition) is 6. The van der Waals surface area contributed by atoms with Gasteiger partial charge in [-0.3, -0.25) is 0 Å². The van der Waals surface area contributed by atoms with E-state index < -0.39 is 0 Å². The summed E-state index contributed by atoms with van der Waals surface area (Å²) in [6, 6.07) is 0. The smallest absolute Gasteiger partial charge is 0.106 e. The molecule has 0 aliphatic carbocycles. The summed E-state index contributed by atoms with van der Waals surface area (Å²) in [5, 5.41) is 0. The van der Waals surface area contributed by atoms with Crippen molar-refractivity contribution in [3.05, 3.63) is 0 Å². The number of methoxy groups -OCH3 is 3. The second-order valence-electron chi connectivity index (χ2n) is 5.09. The molecule has 0 rings (SSSR count). The minimum Gasteiger partial charge on any atom is -0.384 e. The Bertz CT molecular complexity index is 207. The fourth-order valence-corrected chi connectivity index (χ4v) is 2.05. The van der Waals surface area contributed by atoms with Crippen LogP contribution >= 0.6 is 0 Å². The maximum absolute atomic E-state index is 8.00. The zero-order valence-corrected chi connectivity index (χ0v) is 15.4. The van der Waals surface area contributed by atoms with Gasteiger partial charge in [0.2, 0.25) is 0 Å². The Morgan fingerprint density at radius 3 is 1.46 bits per heavy atom. The van der Waals surface area contributed by atoms with Crippen LogP contribution < -0.4 is 0 Å². The number of quaternary nitrogens is 1. The Kier molecular flexibility index (Phi) is 34.8. The molecule has 0 aliphatic rings. The lowest BCUT2D eigenvalue weighted by molar-refractivity contribution is -0.910. The Balaban J connectivity index is -0.000000369. The summed E-state index contributed by atoms with van der Waals surface area (Å²) in [5.74, 6) is 0. The average molecular weight is 355 g/mol. The fourth-order valence-electron chi connectivity index (χ4n) is 2.05. The number of likely N-dealkylation sites (N-methyl/N-ethyl adjacent to an activating group) is 1. The topological polar surface area (TPSA) is 71.1 Å². The van der Waals surface area contributed by atoms with Gasteiger partial charge >= 0.3 is 0 Å². The maximum atomic E-state index is 8.00. The molecule has 0 aliphatic heterocycles. The zero-order valence-electron chi connectivity index (χ0n) is 15.4. The quantitative estimate of drug-likeness (QED) is 0.347. The predicted octanol–water partition coefficient (Wildman–Crippen LogP) is 1.44. The average Bonchev–Trinajstić information content (AvgIpc) is 2.59. The van der Waals surface area contributed by atoms with Crippen molar-refractivity contribution in [3.8, 4) is 0 Å². The van der Waals surface area contributed by atoms with E-state index >= 15 is 0 Å². The number of carbonyl (C=O) groups is 2. The molecule has 0 heterocycles. The van der Waals surface area contributed by atoms with Gasteiger partial charge in [-0.15, -0.1) is 0 Å². The predicted molar refractivity (Wildman–Crippen MR) is 97.4 cm³/mol. The first-order valence-corrected chi connectivity index (χ1v) is 7.64. The van der Waals surface area contributed by atoms with Crippen molar-refractivity contribution in [1.29, 1.82) is 0 Å². The van der Waals surface area contributed by atoms with Crippen molar-refractivity contribution in [1.82, 2.24) is 0 Å². The number of nitrogens with zero attached hydrogens (tertiary/aromatic N) is 1. The minimum atomic E-state index is 0. The third kappa shape index (κ3) is 23.4. The van der Waals surface area contributed by atoms with E-state index in [9.17, 15) is 0 Å². The highest BCUT2D eigenvalue weighted by atomic mass is 16.5. The molecule has 24 heavy (non-hydrogen) atoms. The highest BCUT2D eigenvalue weighted by Gasteiger charge is 2.20. The highest BCUT2D eigenvalue weighted by molar-refractivity contribution is 5.11. The largest absolute Gasteiger partial charge is 0.384 e. The fraction of sp³-hybridized carbons (Fsp3) is 0.882. The van der Waals surface area contributed by atoms with Crippen molar-refractivity contribution < 1.29 is 33.0 Å². The Morgan fingerprint density at radius 1 is 0.667 bits per heavy atom. The molecular weight excluding hydrogens is 314 g/mol. The molecule has 0 atom stereocenters. The summed E-state index contributed by atoms with van der Waals surface area (Å²) in [4.78, 5) is 16.0. The third-order valence-electron chi connectivity index (χ3n) is 3.30. The summed E-state index contributed by atoms with van der Waals surface area (Å²) < 4.78 is 21.8. The van der Waals surface area contributed by atoms with Gasteiger partial charge in [-0.2, -0.15) is 0 Å². The van der Waals surface area contributed by atoms with Crippen LogP contribution in [0.1, 0.15) is 20.3 Å². The first-order chi connectivity index (χ1) is 11.2. The molecule has 148 valence electrons. The minimum absolute atomic E-state index is 0. The van der Waals surface area contributed by atoms with Gasteiger partial charge in [0.1, 0.15) is 20.1 Å². The van der Waals surface area contributed by atoms with Crippen LogP contribution in [0.5, 0.6) is 0 Å². The van der Waals surface area contributed by atoms with Crippen LogP contribution in [0.25, 0.3) is 0 Å². The molecule has 0 spiro atoms. The second-order valence-corrected chi connectivity index (χ2v) is 5.09. The van der Waals surface area contributed by atoms with E-state index in [2.05, 4.69) is 7.05 Å². The third-order valence-corrected chi connectivity index (χ3v) is 3.30. The molecule has 0 aromatic carbocycles. The van der Waals surface area contributed by atoms with Crippen LogP contribution in [-0.2, 0) is 28.5 Å². The van der Waals surface area contributed by atoms with Crippen LogP contribution in [0.2, 0.25) is 0 Å². The lowest BCUT2D eigenvalue weighted by Crippen LogP contribution is -2.48. The van der Waals surface area contributed by atoms with Gasteiger partial charge < -0.3 is 33.0 Å². The Hall–Kier alpha value is -0.860. The van der Waals surface area contributed by atoms with Crippen LogP contribution in [-0.4, -0.2) is 99.1 Å². The van der Waals surface area contributed by atoms with Crippen molar-refractivity contribution in [2.75, 3.05) is 81.0 Å². The van der Waals surface area contributed by atoms with E-state index in [1.165, 1.54) is 0 Å². The molecular formula is C17H40NO6+. The summed E-state index contributed by atoms with van der Waals surface area (Å²) in [6.45, 7) is 11.0. The standard InChI is InChI=1S/C14H32NO4.2CH2O.CH4/c1-15(7-5-10-16-2,8-6-11-17-3)9-12-19-14-13-18-4;2*1-2;/h5-14H2,1-4H3;2*1H2;1H4/q+1;;;. The van der Waals surface area contributed by atoms with E-state index in [0.717, 1.165) is 56.8 Å². The molecule has 0 bridgehead atoms.